The largest absolute Gasteiger partial charge is 0.355 e. The highest BCUT2D eigenvalue weighted by atomic mass is 14.9. The third-order valence-corrected chi connectivity index (χ3v) is 5.58. The number of hydrogen-bond acceptors (Lipinski definition) is 1. The molecule has 0 bridgehead atoms. The maximum absolute atomic E-state index is 3.60. The van der Waals surface area contributed by atoms with E-state index in [2.05, 4.69) is 96.3 Å². The maximum Gasteiger partial charge on any atom is 0.0464 e. The van der Waals surface area contributed by atoms with Crippen molar-refractivity contribution in [2.45, 2.75) is 0 Å². The molecule has 6 aromatic rings. The Bertz CT molecular complexity index is 1380. The Hall–Kier alpha value is -3.58. The van der Waals surface area contributed by atoms with E-state index >= 15 is 0 Å². The fraction of sp³-hybridized carbons (Fsp3) is 0. The standard InChI is InChI=1S/C26H17N/c1-2-9-18(10-3-1)27-24-16-15-22-20-12-5-8-17-7-4-11-19(25(17)20)21-13-6-14-23(24)26(21)22/h1-16,27H. The van der Waals surface area contributed by atoms with Crippen molar-refractivity contribution in [3.05, 3.63) is 97.1 Å². The molecule has 0 fully saturated rings. The molecule has 27 heavy (non-hydrogen) atoms. The summed E-state index contributed by atoms with van der Waals surface area (Å²) in [7, 11) is 0. The van der Waals surface area contributed by atoms with E-state index in [1.165, 1.54) is 43.1 Å². The van der Waals surface area contributed by atoms with Crippen molar-refractivity contribution < 1.29 is 0 Å². The first-order chi connectivity index (χ1) is 13.4. The summed E-state index contributed by atoms with van der Waals surface area (Å²) >= 11 is 0. The predicted molar refractivity (Wildman–Crippen MR) is 117 cm³/mol. The van der Waals surface area contributed by atoms with Gasteiger partial charge in [-0.05, 0) is 55.9 Å². The molecule has 0 unspecified atom stereocenters. The molecule has 0 aromatic heterocycles. The summed E-state index contributed by atoms with van der Waals surface area (Å²) in [5, 5.41) is 14.2. The van der Waals surface area contributed by atoms with E-state index in [9.17, 15) is 0 Å². The molecule has 0 saturated carbocycles. The first kappa shape index (κ1) is 14.6. The van der Waals surface area contributed by atoms with E-state index < -0.39 is 0 Å². The van der Waals surface area contributed by atoms with Gasteiger partial charge in [-0.3, -0.25) is 0 Å². The fourth-order valence-corrected chi connectivity index (χ4v) is 4.43. The van der Waals surface area contributed by atoms with E-state index in [-0.39, 0.29) is 0 Å². The van der Waals surface area contributed by atoms with Crippen LogP contribution in [0.3, 0.4) is 0 Å². The number of benzene rings is 6. The molecule has 6 aromatic carbocycles. The van der Waals surface area contributed by atoms with Gasteiger partial charge in [0, 0.05) is 16.8 Å². The average molecular weight is 343 g/mol. The summed E-state index contributed by atoms with van der Waals surface area (Å²) < 4.78 is 0. The molecule has 1 N–H and O–H groups in total. The van der Waals surface area contributed by atoms with Crippen LogP contribution in [0.25, 0.3) is 43.1 Å². The van der Waals surface area contributed by atoms with Gasteiger partial charge in [-0.25, -0.2) is 0 Å². The highest BCUT2D eigenvalue weighted by molar-refractivity contribution is 6.34. The van der Waals surface area contributed by atoms with Crippen LogP contribution in [0.4, 0.5) is 11.4 Å². The van der Waals surface area contributed by atoms with E-state index in [1.54, 1.807) is 0 Å². The number of anilines is 2. The zero-order chi connectivity index (χ0) is 17.8. The van der Waals surface area contributed by atoms with Crippen LogP contribution in [-0.4, -0.2) is 0 Å². The normalized spacial score (nSPS) is 11.7. The third kappa shape index (κ3) is 2.06. The van der Waals surface area contributed by atoms with Crippen LogP contribution in [0.5, 0.6) is 0 Å². The molecule has 0 radical (unpaired) electrons. The van der Waals surface area contributed by atoms with Crippen LogP contribution >= 0.6 is 0 Å². The third-order valence-electron chi connectivity index (χ3n) is 5.58. The molecule has 0 aliphatic heterocycles. The van der Waals surface area contributed by atoms with E-state index in [0.29, 0.717) is 0 Å². The monoisotopic (exact) mass is 343 g/mol. The Morgan fingerprint density at radius 3 is 1.74 bits per heavy atom. The summed E-state index contributed by atoms with van der Waals surface area (Å²) in [6.45, 7) is 0. The Morgan fingerprint density at radius 2 is 1.00 bits per heavy atom. The SMILES string of the molecule is c1ccc(Nc2ccc3c4cccc5cccc(c6cccc2c63)c54)cc1. The maximum atomic E-state index is 3.60. The van der Waals surface area contributed by atoms with E-state index in [0.717, 1.165) is 11.4 Å². The van der Waals surface area contributed by atoms with Crippen molar-refractivity contribution in [3.63, 3.8) is 0 Å². The van der Waals surface area contributed by atoms with Gasteiger partial charge in [-0.2, -0.15) is 0 Å². The topological polar surface area (TPSA) is 12.0 Å². The van der Waals surface area contributed by atoms with Gasteiger partial charge in [0.25, 0.3) is 0 Å². The first-order valence-electron chi connectivity index (χ1n) is 9.30. The van der Waals surface area contributed by atoms with Crippen molar-refractivity contribution in [3.8, 4) is 0 Å². The van der Waals surface area contributed by atoms with E-state index in [1.807, 2.05) is 6.07 Å². The summed E-state index contributed by atoms with van der Waals surface area (Å²) in [6.07, 6.45) is 0. The van der Waals surface area contributed by atoms with Gasteiger partial charge in [0.1, 0.15) is 0 Å². The molecule has 0 aliphatic rings. The second-order valence-electron chi connectivity index (χ2n) is 7.09. The zero-order valence-electron chi connectivity index (χ0n) is 14.7. The molecule has 6 rings (SSSR count). The lowest BCUT2D eigenvalue weighted by atomic mass is 9.89. The molecule has 0 aliphatic carbocycles. The van der Waals surface area contributed by atoms with Crippen LogP contribution in [0.1, 0.15) is 0 Å². The second kappa shape index (κ2) is 5.46. The van der Waals surface area contributed by atoms with Crippen molar-refractivity contribution in [1.29, 1.82) is 0 Å². The first-order valence-corrected chi connectivity index (χ1v) is 9.30. The highest BCUT2D eigenvalue weighted by Gasteiger charge is 2.14. The van der Waals surface area contributed by atoms with Crippen molar-refractivity contribution in [1.82, 2.24) is 0 Å². The zero-order valence-corrected chi connectivity index (χ0v) is 14.7. The number of nitrogens with one attached hydrogen (secondary N) is 1. The van der Waals surface area contributed by atoms with Crippen LogP contribution in [0.2, 0.25) is 0 Å². The predicted octanol–water partition coefficient (Wildman–Crippen LogP) is 7.48. The van der Waals surface area contributed by atoms with Gasteiger partial charge >= 0.3 is 0 Å². The lowest BCUT2D eigenvalue weighted by molar-refractivity contribution is 1.58. The average Bonchev–Trinajstić information content (AvgIpc) is 2.73. The summed E-state index contributed by atoms with van der Waals surface area (Å²) in [5.74, 6) is 0. The van der Waals surface area contributed by atoms with Gasteiger partial charge in [-0.15, -0.1) is 0 Å². The molecule has 0 atom stereocenters. The molecular formula is C26H17N. The van der Waals surface area contributed by atoms with Crippen molar-refractivity contribution in [2.24, 2.45) is 0 Å². The fourth-order valence-electron chi connectivity index (χ4n) is 4.43. The van der Waals surface area contributed by atoms with Gasteiger partial charge in [0.15, 0.2) is 0 Å². The Balaban J connectivity index is 1.76. The van der Waals surface area contributed by atoms with Crippen LogP contribution in [0, 0.1) is 0 Å². The Labute approximate surface area is 157 Å². The van der Waals surface area contributed by atoms with Gasteiger partial charge in [0.05, 0.1) is 0 Å². The molecule has 0 saturated heterocycles. The minimum atomic E-state index is 1.11. The lowest BCUT2D eigenvalue weighted by Crippen LogP contribution is -1.93. The van der Waals surface area contributed by atoms with Crippen LogP contribution in [-0.2, 0) is 0 Å². The quantitative estimate of drug-likeness (QED) is 0.254. The van der Waals surface area contributed by atoms with Gasteiger partial charge in [0.2, 0.25) is 0 Å². The lowest BCUT2D eigenvalue weighted by Gasteiger charge is -2.17. The van der Waals surface area contributed by atoms with Crippen molar-refractivity contribution in [2.75, 3.05) is 5.32 Å². The number of hydrogen-bond donors (Lipinski definition) is 1. The molecular weight excluding hydrogens is 326 g/mol. The Kier molecular flexibility index (Phi) is 2.95. The molecule has 0 heterocycles. The van der Waals surface area contributed by atoms with Crippen LogP contribution in [0.15, 0.2) is 97.1 Å². The summed E-state index contributed by atoms with van der Waals surface area (Å²) in [5.41, 5.74) is 2.25. The summed E-state index contributed by atoms with van der Waals surface area (Å²) in [6, 6.07) is 34.7. The minimum Gasteiger partial charge on any atom is -0.355 e. The van der Waals surface area contributed by atoms with Gasteiger partial charge < -0.3 is 5.32 Å². The minimum absolute atomic E-state index is 1.11. The second-order valence-corrected chi connectivity index (χ2v) is 7.09. The summed E-state index contributed by atoms with van der Waals surface area (Å²) in [4.78, 5) is 0. The van der Waals surface area contributed by atoms with Crippen molar-refractivity contribution >= 4 is 54.5 Å². The molecule has 126 valence electrons. The smallest absolute Gasteiger partial charge is 0.0464 e. The van der Waals surface area contributed by atoms with E-state index in [4.69, 9.17) is 0 Å². The number of fused-ring (bicyclic) bond motifs is 2. The van der Waals surface area contributed by atoms with Gasteiger partial charge in [-0.1, -0.05) is 78.9 Å². The molecule has 0 amide bonds. The number of rotatable bonds is 2. The Morgan fingerprint density at radius 1 is 0.407 bits per heavy atom. The number of para-hydroxylation sites is 1. The molecule has 0 spiro atoms. The molecule has 1 nitrogen and oxygen atoms in total. The van der Waals surface area contributed by atoms with Crippen LogP contribution < -0.4 is 5.32 Å². The highest BCUT2D eigenvalue weighted by Crippen LogP contribution is 2.42. The molecule has 1 heteroatoms.